The van der Waals surface area contributed by atoms with Crippen LogP contribution in [-0.4, -0.2) is 21.7 Å². The minimum atomic E-state index is -6.01. The van der Waals surface area contributed by atoms with E-state index in [2.05, 4.69) is 8.49 Å². The Labute approximate surface area is 116 Å². The minimum Gasteiger partial charge on any atom is -0.313 e. The smallest absolute Gasteiger partial charge is 0.313 e. The second-order valence-corrected chi connectivity index (χ2v) is 6.48. The van der Waals surface area contributed by atoms with E-state index in [0.717, 1.165) is 19.2 Å². The van der Waals surface area contributed by atoms with Crippen molar-refractivity contribution in [2.75, 3.05) is 7.11 Å². The van der Waals surface area contributed by atoms with Crippen molar-refractivity contribution in [3.8, 4) is 0 Å². The van der Waals surface area contributed by atoms with Crippen LogP contribution >= 0.6 is 8.25 Å². The number of alkyl halides is 5. The first-order chi connectivity index (χ1) is 9.43. The Balaban J connectivity index is 3.45. The highest BCUT2D eigenvalue weighted by molar-refractivity contribution is 7.89. The van der Waals surface area contributed by atoms with E-state index in [1.54, 1.807) is 0 Å². The van der Waals surface area contributed by atoms with Crippen LogP contribution in [0.15, 0.2) is 29.2 Å². The molecule has 5 nitrogen and oxygen atoms in total. The standard InChI is InChI=1S/C9H8F5O5PS/c1-18-20(15)19-21(16,17)7-5-3-2-4-6(7)8(10,11)9(12,13)14/h2-5,20H,1H3. The summed E-state index contributed by atoms with van der Waals surface area (Å²) in [4.78, 5) is -1.44. The van der Waals surface area contributed by atoms with E-state index in [1.165, 1.54) is 0 Å². The molecule has 0 N–H and O–H groups in total. The van der Waals surface area contributed by atoms with Gasteiger partial charge in [-0.25, -0.2) is 0 Å². The molecule has 0 saturated carbocycles. The van der Waals surface area contributed by atoms with Gasteiger partial charge in [-0.05, 0) is 6.07 Å². The summed E-state index contributed by atoms with van der Waals surface area (Å²) in [7, 11) is -7.90. The van der Waals surface area contributed by atoms with Gasteiger partial charge in [0.05, 0.1) is 5.56 Å². The topological polar surface area (TPSA) is 69.7 Å². The van der Waals surface area contributed by atoms with E-state index in [9.17, 15) is 34.9 Å². The largest absolute Gasteiger partial charge is 0.458 e. The molecule has 1 unspecified atom stereocenters. The number of rotatable bonds is 5. The second kappa shape index (κ2) is 5.99. The number of hydrogen-bond donors (Lipinski definition) is 0. The van der Waals surface area contributed by atoms with Crippen molar-refractivity contribution in [1.82, 2.24) is 0 Å². The van der Waals surface area contributed by atoms with E-state index >= 15 is 0 Å². The summed E-state index contributed by atoms with van der Waals surface area (Å²) in [5.74, 6) is -5.43. The highest BCUT2D eigenvalue weighted by Crippen LogP contribution is 2.46. The van der Waals surface area contributed by atoms with E-state index in [4.69, 9.17) is 0 Å². The monoisotopic (exact) mass is 354 g/mol. The summed E-state index contributed by atoms with van der Waals surface area (Å²) in [6, 6.07) is 2.48. The second-order valence-electron chi connectivity index (χ2n) is 3.56. The van der Waals surface area contributed by atoms with E-state index < -0.39 is 40.9 Å². The molecule has 1 rings (SSSR count). The van der Waals surface area contributed by atoms with Crippen LogP contribution < -0.4 is 0 Å². The van der Waals surface area contributed by atoms with Gasteiger partial charge in [0.25, 0.3) is 0 Å². The molecule has 0 radical (unpaired) electrons. The van der Waals surface area contributed by atoms with Gasteiger partial charge in [0.15, 0.2) is 0 Å². The zero-order valence-electron chi connectivity index (χ0n) is 10.1. The van der Waals surface area contributed by atoms with Crippen LogP contribution in [0.25, 0.3) is 0 Å². The minimum absolute atomic E-state index is 0.285. The van der Waals surface area contributed by atoms with Gasteiger partial charge in [-0.2, -0.15) is 34.3 Å². The van der Waals surface area contributed by atoms with Crippen LogP contribution in [0, 0.1) is 0 Å². The zero-order valence-corrected chi connectivity index (χ0v) is 12.0. The fourth-order valence-corrected chi connectivity index (χ4v) is 3.32. The fraction of sp³-hybridized carbons (Fsp3) is 0.333. The van der Waals surface area contributed by atoms with Gasteiger partial charge >= 0.3 is 30.5 Å². The first kappa shape index (κ1) is 18.0. The first-order valence-corrected chi connectivity index (χ1v) is 7.63. The molecule has 0 bridgehead atoms. The van der Waals surface area contributed by atoms with Crippen LogP contribution in [-0.2, 0) is 29.1 Å². The maximum Gasteiger partial charge on any atom is 0.458 e. The van der Waals surface area contributed by atoms with E-state index in [1.807, 2.05) is 0 Å². The summed E-state index contributed by atoms with van der Waals surface area (Å²) >= 11 is 0. The summed E-state index contributed by atoms with van der Waals surface area (Å²) in [6.45, 7) is 0. The molecule has 0 aliphatic carbocycles. The lowest BCUT2D eigenvalue weighted by atomic mass is 10.1. The highest BCUT2D eigenvalue weighted by Gasteiger charge is 2.60. The maximum absolute atomic E-state index is 13.3. The van der Waals surface area contributed by atoms with Crippen molar-refractivity contribution >= 4 is 18.4 Å². The lowest BCUT2D eigenvalue weighted by Crippen LogP contribution is -2.35. The molecule has 1 aromatic carbocycles. The molecule has 12 heteroatoms. The van der Waals surface area contributed by atoms with Crippen molar-refractivity contribution in [2.24, 2.45) is 0 Å². The van der Waals surface area contributed by atoms with Crippen molar-refractivity contribution in [3.63, 3.8) is 0 Å². The number of benzene rings is 1. The molecular weight excluding hydrogens is 346 g/mol. The van der Waals surface area contributed by atoms with E-state index in [-0.39, 0.29) is 6.07 Å². The quantitative estimate of drug-likeness (QED) is 0.600. The Morgan fingerprint density at radius 2 is 1.62 bits per heavy atom. The number of halogens is 5. The lowest BCUT2D eigenvalue weighted by molar-refractivity contribution is -0.290. The molecule has 0 aliphatic heterocycles. The van der Waals surface area contributed by atoms with Gasteiger partial charge in [0.2, 0.25) is 0 Å². The molecule has 21 heavy (non-hydrogen) atoms. The van der Waals surface area contributed by atoms with Crippen molar-refractivity contribution in [1.29, 1.82) is 0 Å². The Morgan fingerprint density at radius 1 is 1.10 bits per heavy atom. The number of hydrogen-bond acceptors (Lipinski definition) is 5. The van der Waals surface area contributed by atoms with Crippen molar-refractivity contribution < 1.29 is 43.4 Å². The predicted octanol–water partition coefficient (Wildman–Crippen LogP) is 3.08. The van der Waals surface area contributed by atoms with Crippen LogP contribution in [0.4, 0.5) is 22.0 Å². The molecule has 0 heterocycles. The van der Waals surface area contributed by atoms with Crippen LogP contribution in [0.3, 0.4) is 0 Å². The summed E-state index contributed by atoms with van der Waals surface area (Å²) in [6.07, 6.45) is -6.01. The first-order valence-electron chi connectivity index (χ1n) is 5.00. The third-order valence-corrected chi connectivity index (χ3v) is 4.85. The normalized spacial score (nSPS) is 15.0. The van der Waals surface area contributed by atoms with Crippen LogP contribution in [0.2, 0.25) is 0 Å². The highest BCUT2D eigenvalue weighted by atomic mass is 32.2. The van der Waals surface area contributed by atoms with Gasteiger partial charge in [0.1, 0.15) is 4.90 Å². The average molecular weight is 354 g/mol. The zero-order chi connectivity index (χ0) is 16.5. The summed E-state index contributed by atoms with van der Waals surface area (Å²) < 4.78 is 106. The predicted molar refractivity (Wildman–Crippen MR) is 60.7 cm³/mol. The summed E-state index contributed by atoms with van der Waals surface area (Å²) in [5.41, 5.74) is -1.83. The average Bonchev–Trinajstić information content (AvgIpc) is 2.36. The third kappa shape index (κ3) is 3.79. The molecule has 1 atom stereocenters. The Bertz CT molecular complexity index is 642. The molecule has 0 aliphatic rings. The fourth-order valence-electron chi connectivity index (χ4n) is 1.27. The molecule has 0 amide bonds. The van der Waals surface area contributed by atoms with Crippen LogP contribution in [0.1, 0.15) is 5.56 Å². The third-order valence-electron chi connectivity index (χ3n) is 2.20. The Morgan fingerprint density at radius 3 is 2.10 bits per heavy atom. The van der Waals surface area contributed by atoms with Gasteiger partial charge in [-0.1, -0.05) is 18.2 Å². The molecule has 0 aromatic heterocycles. The van der Waals surface area contributed by atoms with Gasteiger partial charge in [-0.15, -0.1) is 0 Å². The van der Waals surface area contributed by atoms with Crippen molar-refractivity contribution in [3.05, 3.63) is 29.8 Å². The lowest BCUT2D eigenvalue weighted by Gasteiger charge is -2.21. The molecule has 0 fully saturated rings. The van der Waals surface area contributed by atoms with Crippen molar-refractivity contribution in [2.45, 2.75) is 17.0 Å². The SMILES string of the molecule is CO[PH](=O)OS(=O)(=O)c1ccccc1C(F)(F)C(F)(F)F. The Hall–Kier alpha value is -1.03. The molecule has 1 aromatic rings. The molecule has 0 saturated heterocycles. The van der Waals surface area contributed by atoms with E-state index in [0.29, 0.717) is 6.07 Å². The maximum atomic E-state index is 13.3. The molecular formula is C9H8F5O5PS. The molecule has 0 spiro atoms. The Kier molecular flexibility index (Phi) is 5.14. The van der Waals surface area contributed by atoms with Gasteiger partial charge in [-0.3, -0.25) is 4.57 Å². The van der Waals surface area contributed by atoms with Gasteiger partial charge in [0, 0.05) is 7.11 Å². The van der Waals surface area contributed by atoms with Gasteiger partial charge < -0.3 is 4.52 Å². The summed E-state index contributed by atoms with van der Waals surface area (Å²) in [5, 5.41) is 0. The molecule has 120 valence electrons. The van der Waals surface area contributed by atoms with Crippen LogP contribution in [0.5, 0.6) is 0 Å².